The van der Waals surface area contributed by atoms with Crippen LogP contribution in [-0.2, 0) is 4.79 Å². The van der Waals surface area contributed by atoms with Gasteiger partial charge in [-0.1, -0.05) is 24.0 Å². The number of carbonyl (C=O) groups excluding carboxylic acids is 1. The molecule has 8 heteroatoms. The molecule has 0 spiro atoms. The number of hydrogen-bond donors (Lipinski definition) is 0. The zero-order chi connectivity index (χ0) is 14.9. The van der Waals surface area contributed by atoms with Gasteiger partial charge in [0.25, 0.3) is 11.6 Å². The van der Waals surface area contributed by atoms with E-state index in [-0.39, 0.29) is 11.6 Å². The third-order valence-corrected chi connectivity index (χ3v) is 4.18. The van der Waals surface area contributed by atoms with Crippen LogP contribution in [0.3, 0.4) is 0 Å². The fraction of sp³-hybridized carbons (Fsp3) is 0.167. The molecule has 1 aromatic carbocycles. The summed E-state index contributed by atoms with van der Waals surface area (Å²) in [7, 11) is 3.05. The molecular formula is C12H10N2O4S2. The number of non-ortho nitro benzene ring substituents is 1. The second-order valence-electron chi connectivity index (χ2n) is 3.92. The number of rotatable bonds is 3. The van der Waals surface area contributed by atoms with Gasteiger partial charge < -0.3 is 4.74 Å². The maximum Gasteiger partial charge on any atom is 0.270 e. The number of nitro groups is 1. The summed E-state index contributed by atoms with van der Waals surface area (Å²) in [5.41, 5.74) is 0.402. The summed E-state index contributed by atoms with van der Waals surface area (Å²) in [5.74, 6) is 0.227. The van der Waals surface area contributed by atoms with Crippen molar-refractivity contribution in [2.45, 2.75) is 0 Å². The van der Waals surface area contributed by atoms with Gasteiger partial charge >= 0.3 is 0 Å². The van der Waals surface area contributed by atoms with Crippen LogP contribution in [0, 0.1) is 10.1 Å². The normalized spacial score (nSPS) is 16.9. The number of methoxy groups -OCH3 is 1. The van der Waals surface area contributed by atoms with E-state index in [1.165, 1.54) is 30.2 Å². The average molecular weight is 310 g/mol. The van der Waals surface area contributed by atoms with Gasteiger partial charge in [0, 0.05) is 24.7 Å². The molecule has 1 amide bonds. The zero-order valence-corrected chi connectivity index (χ0v) is 12.3. The number of carbonyl (C=O) groups is 1. The molecule has 2 rings (SSSR count). The number of benzene rings is 1. The summed E-state index contributed by atoms with van der Waals surface area (Å²) in [6.45, 7) is 0. The molecule has 104 valence electrons. The number of ether oxygens (including phenoxy) is 1. The maximum atomic E-state index is 11.9. The van der Waals surface area contributed by atoms with Crippen molar-refractivity contribution < 1.29 is 14.5 Å². The largest absolute Gasteiger partial charge is 0.496 e. The first-order valence-electron chi connectivity index (χ1n) is 5.48. The SMILES string of the molecule is COc1ccc([N+](=O)[O-])cc1/C=C1\SC(=S)N(C)C1=O. The molecule has 1 fully saturated rings. The smallest absolute Gasteiger partial charge is 0.270 e. The highest BCUT2D eigenvalue weighted by Gasteiger charge is 2.29. The first-order valence-corrected chi connectivity index (χ1v) is 6.70. The highest BCUT2D eigenvalue weighted by Crippen LogP contribution is 2.34. The number of thioether (sulfide) groups is 1. The predicted molar refractivity (Wildman–Crippen MR) is 80.6 cm³/mol. The van der Waals surface area contributed by atoms with E-state index in [9.17, 15) is 14.9 Å². The Morgan fingerprint density at radius 1 is 1.50 bits per heavy atom. The van der Waals surface area contributed by atoms with Crippen LogP contribution < -0.4 is 4.74 Å². The molecule has 1 aliphatic heterocycles. The molecule has 1 heterocycles. The molecular weight excluding hydrogens is 300 g/mol. The fourth-order valence-electron chi connectivity index (χ4n) is 1.63. The molecule has 1 aliphatic rings. The van der Waals surface area contributed by atoms with E-state index in [2.05, 4.69) is 0 Å². The van der Waals surface area contributed by atoms with Crippen molar-refractivity contribution in [2.75, 3.05) is 14.2 Å². The molecule has 0 saturated carbocycles. The molecule has 6 nitrogen and oxygen atoms in total. The van der Waals surface area contributed by atoms with Crippen molar-refractivity contribution in [1.29, 1.82) is 0 Å². The number of likely N-dealkylation sites (N-methyl/N-ethyl adjacent to an activating group) is 1. The molecule has 0 aliphatic carbocycles. The lowest BCUT2D eigenvalue weighted by atomic mass is 10.1. The maximum absolute atomic E-state index is 11.9. The van der Waals surface area contributed by atoms with Gasteiger partial charge in [-0.25, -0.2) is 0 Å². The highest BCUT2D eigenvalue weighted by molar-refractivity contribution is 8.26. The van der Waals surface area contributed by atoms with E-state index >= 15 is 0 Å². The number of amides is 1. The Hall–Kier alpha value is -1.93. The Morgan fingerprint density at radius 3 is 2.70 bits per heavy atom. The lowest BCUT2D eigenvalue weighted by molar-refractivity contribution is -0.384. The Bertz CT molecular complexity index is 642. The van der Waals surface area contributed by atoms with Crippen molar-refractivity contribution in [1.82, 2.24) is 4.90 Å². The van der Waals surface area contributed by atoms with Crippen LogP contribution in [0.2, 0.25) is 0 Å². The van der Waals surface area contributed by atoms with Crippen LogP contribution in [0.4, 0.5) is 5.69 Å². The first kappa shape index (κ1) is 14.5. The minimum absolute atomic E-state index is 0.0657. The molecule has 1 aromatic rings. The van der Waals surface area contributed by atoms with Gasteiger partial charge in [-0.2, -0.15) is 0 Å². The van der Waals surface area contributed by atoms with Crippen molar-refractivity contribution in [3.05, 3.63) is 38.8 Å². The third kappa shape index (κ3) is 2.66. The molecule has 0 N–H and O–H groups in total. The lowest BCUT2D eigenvalue weighted by Gasteiger charge is -2.05. The highest BCUT2D eigenvalue weighted by atomic mass is 32.2. The number of nitrogens with zero attached hydrogens (tertiary/aromatic N) is 2. The quantitative estimate of drug-likeness (QED) is 0.369. The Kier molecular flexibility index (Phi) is 4.05. The summed E-state index contributed by atoms with van der Waals surface area (Å²) in [4.78, 5) is 24.0. The summed E-state index contributed by atoms with van der Waals surface area (Å²) in [6, 6.07) is 4.21. The van der Waals surface area contributed by atoms with E-state index in [1.54, 1.807) is 13.1 Å². The van der Waals surface area contributed by atoms with Crippen LogP contribution >= 0.6 is 24.0 Å². The van der Waals surface area contributed by atoms with E-state index in [4.69, 9.17) is 17.0 Å². The van der Waals surface area contributed by atoms with Crippen LogP contribution in [-0.4, -0.2) is 34.2 Å². The summed E-state index contributed by atoms with van der Waals surface area (Å²) in [5, 5.41) is 10.8. The minimum Gasteiger partial charge on any atom is -0.496 e. The van der Waals surface area contributed by atoms with Crippen LogP contribution in [0.15, 0.2) is 23.1 Å². The number of nitro benzene ring substituents is 1. The first-order chi connectivity index (χ1) is 9.43. The summed E-state index contributed by atoms with van der Waals surface area (Å²) in [6.07, 6.45) is 1.55. The van der Waals surface area contributed by atoms with Crippen molar-refractivity contribution >= 4 is 46.0 Å². The Morgan fingerprint density at radius 2 is 2.20 bits per heavy atom. The van der Waals surface area contributed by atoms with Crippen LogP contribution in [0.25, 0.3) is 6.08 Å². The topological polar surface area (TPSA) is 72.7 Å². The molecule has 0 radical (unpaired) electrons. The summed E-state index contributed by atoms with van der Waals surface area (Å²) < 4.78 is 5.59. The van der Waals surface area contributed by atoms with Gasteiger partial charge in [0.2, 0.25) is 0 Å². The molecule has 0 bridgehead atoms. The zero-order valence-electron chi connectivity index (χ0n) is 10.7. The van der Waals surface area contributed by atoms with E-state index in [0.717, 1.165) is 11.8 Å². The minimum atomic E-state index is -0.498. The van der Waals surface area contributed by atoms with Crippen molar-refractivity contribution in [3.8, 4) is 5.75 Å². The van der Waals surface area contributed by atoms with Gasteiger partial charge in [0.05, 0.1) is 16.9 Å². The number of hydrogen-bond acceptors (Lipinski definition) is 6. The third-order valence-electron chi connectivity index (χ3n) is 2.70. The van der Waals surface area contributed by atoms with Gasteiger partial charge in [-0.3, -0.25) is 19.8 Å². The summed E-state index contributed by atoms with van der Waals surface area (Å²) >= 11 is 6.18. The van der Waals surface area contributed by atoms with E-state index in [0.29, 0.717) is 20.5 Å². The van der Waals surface area contributed by atoms with Crippen LogP contribution in [0.5, 0.6) is 5.75 Å². The predicted octanol–water partition coefficient (Wildman–Crippen LogP) is 2.43. The second-order valence-corrected chi connectivity index (χ2v) is 5.60. The molecule has 0 unspecified atom stereocenters. The van der Waals surface area contributed by atoms with Crippen LogP contribution in [0.1, 0.15) is 5.56 Å². The lowest BCUT2D eigenvalue weighted by Crippen LogP contribution is -2.22. The average Bonchev–Trinajstić information content (AvgIpc) is 2.66. The molecule has 1 saturated heterocycles. The van der Waals surface area contributed by atoms with Gasteiger partial charge in [0.15, 0.2) is 0 Å². The monoisotopic (exact) mass is 310 g/mol. The van der Waals surface area contributed by atoms with Gasteiger partial charge in [-0.05, 0) is 12.1 Å². The van der Waals surface area contributed by atoms with E-state index < -0.39 is 4.92 Å². The van der Waals surface area contributed by atoms with Crippen molar-refractivity contribution in [3.63, 3.8) is 0 Å². The Labute approximate surface area is 124 Å². The molecule has 20 heavy (non-hydrogen) atoms. The van der Waals surface area contributed by atoms with Gasteiger partial charge in [-0.15, -0.1) is 0 Å². The standard InChI is InChI=1S/C12H10N2O4S2/c1-13-11(15)10(20-12(13)19)6-7-5-8(14(16)17)3-4-9(7)18-2/h3-6H,1-2H3/b10-6-. The van der Waals surface area contributed by atoms with E-state index in [1.807, 2.05) is 0 Å². The molecule has 0 aromatic heterocycles. The van der Waals surface area contributed by atoms with Gasteiger partial charge in [0.1, 0.15) is 10.1 Å². The Balaban J connectivity index is 2.47. The fourth-order valence-corrected chi connectivity index (χ4v) is 2.81. The number of thiocarbonyl (C=S) groups is 1. The second kappa shape index (κ2) is 5.59. The molecule has 0 atom stereocenters. The van der Waals surface area contributed by atoms with Crippen molar-refractivity contribution in [2.24, 2.45) is 0 Å².